The number of likely N-dealkylation sites (tertiary alicyclic amines) is 1. The van der Waals surface area contributed by atoms with E-state index in [0.717, 1.165) is 51.6 Å². The van der Waals surface area contributed by atoms with Crippen molar-refractivity contribution in [2.75, 3.05) is 19.6 Å². The van der Waals surface area contributed by atoms with Gasteiger partial charge in [0.2, 0.25) is 11.8 Å². The quantitative estimate of drug-likeness (QED) is 0.808. The highest BCUT2D eigenvalue weighted by Crippen LogP contribution is 2.28. The molecule has 0 atom stereocenters. The summed E-state index contributed by atoms with van der Waals surface area (Å²) in [6.45, 7) is 2.19. The third-order valence-corrected chi connectivity index (χ3v) is 5.57. The molecule has 1 aromatic heterocycles. The molecule has 1 N–H and O–H groups in total. The van der Waals surface area contributed by atoms with Gasteiger partial charge in [0, 0.05) is 43.9 Å². The van der Waals surface area contributed by atoms with E-state index in [2.05, 4.69) is 10.3 Å². The monoisotopic (exact) mass is 343 g/mol. The van der Waals surface area contributed by atoms with Gasteiger partial charge in [-0.3, -0.25) is 14.6 Å². The Hall–Kier alpha value is -1.91. The van der Waals surface area contributed by atoms with Crippen LogP contribution in [0, 0.1) is 11.8 Å². The zero-order valence-corrected chi connectivity index (χ0v) is 15.0. The number of amides is 2. The molecular weight excluding hydrogens is 314 g/mol. The molecule has 0 spiro atoms. The van der Waals surface area contributed by atoms with E-state index in [4.69, 9.17) is 0 Å². The van der Waals surface area contributed by atoms with E-state index in [0.29, 0.717) is 12.5 Å². The van der Waals surface area contributed by atoms with Crippen molar-refractivity contribution >= 4 is 11.8 Å². The van der Waals surface area contributed by atoms with Crippen LogP contribution in [0.2, 0.25) is 0 Å². The zero-order chi connectivity index (χ0) is 17.5. The number of aromatic nitrogens is 1. The number of hydrogen-bond donors (Lipinski definition) is 1. The number of hydrogen-bond acceptors (Lipinski definition) is 3. The number of pyridine rings is 1. The predicted molar refractivity (Wildman–Crippen MR) is 96.8 cm³/mol. The van der Waals surface area contributed by atoms with Gasteiger partial charge in [0.1, 0.15) is 0 Å². The second-order valence-electron chi connectivity index (χ2n) is 7.33. The van der Waals surface area contributed by atoms with Crippen LogP contribution >= 0.6 is 0 Å². The SMILES string of the molecule is O=C(NCCCc1ccncc1)C1CCN(C(=O)C2CCCC2)CC1. The van der Waals surface area contributed by atoms with Gasteiger partial charge < -0.3 is 10.2 Å². The molecule has 136 valence electrons. The molecule has 5 heteroatoms. The Bertz CT molecular complexity index is 562. The molecule has 5 nitrogen and oxygen atoms in total. The number of carbonyl (C=O) groups is 2. The summed E-state index contributed by atoms with van der Waals surface area (Å²) < 4.78 is 0. The van der Waals surface area contributed by atoms with Crippen molar-refractivity contribution in [1.29, 1.82) is 0 Å². The molecule has 1 aliphatic heterocycles. The molecule has 2 aliphatic rings. The Morgan fingerprint density at radius 3 is 2.40 bits per heavy atom. The standard InChI is InChI=1S/C20H29N3O2/c24-19(22-11-3-4-16-7-12-21-13-8-16)17-9-14-23(15-10-17)20(25)18-5-1-2-6-18/h7-8,12-13,17-18H,1-6,9-11,14-15H2,(H,22,24). The molecule has 1 saturated carbocycles. The maximum absolute atomic E-state index is 12.4. The number of rotatable bonds is 6. The van der Waals surface area contributed by atoms with E-state index >= 15 is 0 Å². The van der Waals surface area contributed by atoms with Gasteiger partial charge in [-0.2, -0.15) is 0 Å². The van der Waals surface area contributed by atoms with E-state index in [-0.39, 0.29) is 17.7 Å². The lowest BCUT2D eigenvalue weighted by Gasteiger charge is -2.33. The van der Waals surface area contributed by atoms with Gasteiger partial charge in [-0.15, -0.1) is 0 Å². The summed E-state index contributed by atoms with van der Waals surface area (Å²) in [5.74, 6) is 0.795. The van der Waals surface area contributed by atoms with Crippen molar-refractivity contribution in [1.82, 2.24) is 15.2 Å². The normalized spacial score (nSPS) is 19.1. The Morgan fingerprint density at radius 1 is 1.04 bits per heavy atom. The van der Waals surface area contributed by atoms with Gasteiger partial charge in [0.15, 0.2) is 0 Å². The third-order valence-electron chi connectivity index (χ3n) is 5.57. The molecule has 2 heterocycles. The first kappa shape index (κ1) is 17.9. The van der Waals surface area contributed by atoms with E-state index in [1.165, 1.54) is 18.4 Å². The Kier molecular flexibility index (Phi) is 6.42. The van der Waals surface area contributed by atoms with E-state index in [1.54, 1.807) is 12.4 Å². The fraction of sp³-hybridized carbons (Fsp3) is 0.650. The van der Waals surface area contributed by atoms with Crippen molar-refractivity contribution < 1.29 is 9.59 Å². The molecule has 0 bridgehead atoms. The van der Waals surface area contributed by atoms with Crippen LogP contribution in [0.1, 0.15) is 50.5 Å². The van der Waals surface area contributed by atoms with Crippen LogP contribution < -0.4 is 5.32 Å². The van der Waals surface area contributed by atoms with Crippen LogP contribution in [0.25, 0.3) is 0 Å². The number of nitrogens with zero attached hydrogens (tertiary/aromatic N) is 2. The maximum Gasteiger partial charge on any atom is 0.225 e. The topological polar surface area (TPSA) is 62.3 Å². The Labute approximate surface area is 150 Å². The lowest BCUT2D eigenvalue weighted by Crippen LogP contribution is -2.44. The minimum Gasteiger partial charge on any atom is -0.356 e. The first-order valence-electron chi connectivity index (χ1n) is 9.69. The summed E-state index contributed by atoms with van der Waals surface area (Å²) in [4.78, 5) is 30.8. The average molecular weight is 343 g/mol. The molecule has 0 radical (unpaired) electrons. The van der Waals surface area contributed by atoms with Crippen molar-refractivity contribution in [3.63, 3.8) is 0 Å². The fourth-order valence-corrected chi connectivity index (χ4v) is 3.99. The van der Waals surface area contributed by atoms with Crippen molar-refractivity contribution in [3.8, 4) is 0 Å². The molecule has 1 aliphatic carbocycles. The molecule has 2 amide bonds. The second kappa shape index (κ2) is 8.97. The average Bonchev–Trinajstić information content (AvgIpc) is 3.20. The minimum absolute atomic E-state index is 0.0635. The predicted octanol–water partition coefficient (Wildman–Crippen LogP) is 2.56. The molecule has 2 fully saturated rings. The highest BCUT2D eigenvalue weighted by atomic mass is 16.2. The van der Waals surface area contributed by atoms with Crippen LogP contribution in [0.3, 0.4) is 0 Å². The Morgan fingerprint density at radius 2 is 1.72 bits per heavy atom. The number of carbonyl (C=O) groups excluding carboxylic acids is 2. The first-order valence-corrected chi connectivity index (χ1v) is 9.69. The van der Waals surface area contributed by atoms with Gasteiger partial charge in [0.25, 0.3) is 0 Å². The van der Waals surface area contributed by atoms with Crippen molar-refractivity contribution in [3.05, 3.63) is 30.1 Å². The molecule has 1 saturated heterocycles. The van der Waals surface area contributed by atoms with E-state index < -0.39 is 0 Å². The fourth-order valence-electron chi connectivity index (χ4n) is 3.99. The number of piperidine rings is 1. The van der Waals surface area contributed by atoms with Crippen LogP contribution in [0.5, 0.6) is 0 Å². The molecular formula is C20H29N3O2. The molecule has 3 rings (SSSR count). The highest BCUT2D eigenvalue weighted by Gasteiger charge is 2.31. The maximum atomic E-state index is 12.4. The summed E-state index contributed by atoms with van der Waals surface area (Å²) in [6.07, 6.45) is 11.6. The Balaban J connectivity index is 1.33. The van der Waals surface area contributed by atoms with Gasteiger partial charge >= 0.3 is 0 Å². The second-order valence-corrected chi connectivity index (χ2v) is 7.33. The summed E-state index contributed by atoms with van der Waals surface area (Å²) in [5, 5.41) is 3.06. The van der Waals surface area contributed by atoms with Crippen molar-refractivity contribution in [2.24, 2.45) is 11.8 Å². The molecule has 0 aromatic carbocycles. The van der Waals surface area contributed by atoms with E-state index in [9.17, 15) is 9.59 Å². The summed E-state index contributed by atoms with van der Waals surface area (Å²) in [5.41, 5.74) is 1.25. The van der Waals surface area contributed by atoms with Crippen LogP contribution in [0.15, 0.2) is 24.5 Å². The van der Waals surface area contributed by atoms with Crippen molar-refractivity contribution in [2.45, 2.75) is 51.4 Å². The summed E-state index contributed by atoms with van der Waals surface area (Å²) >= 11 is 0. The van der Waals surface area contributed by atoms with Crippen LogP contribution in [-0.4, -0.2) is 41.3 Å². The molecule has 25 heavy (non-hydrogen) atoms. The lowest BCUT2D eigenvalue weighted by atomic mass is 9.94. The van der Waals surface area contributed by atoms with Gasteiger partial charge in [-0.1, -0.05) is 12.8 Å². The van der Waals surface area contributed by atoms with Crippen LogP contribution in [-0.2, 0) is 16.0 Å². The third kappa shape index (κ3) is 5.03. The first-order chi connectivity index (χ1) is 12.2. The largest absolute Gasteiger partial charge is 0.356 e. The van der Waals surface area contributed by atoms with Crippen LogP contribution in [0.4, 0.5) is 0 Å². The van der Waals surface area contributed by atoms with Gasteiger partial charge in [0.05, 0.1) is 0 Å². The summed E-state index contributed by atoms with van der Waals surface area (Å²) in [7, 11) is 0. The number of aryl methyl sites for hydroxylation is 1. The van der Waals surface area contributed by atoms with E-state index in [1.807, 2.05) is 17.0 Å². The zero-order valence-electron chi connectivity index (χ0n) is 15.0. The van der Waals surface area contributed by atoms with Gasteiger partial charge in [-0.25, -0.2) is 0 Å². The smallest absolute Gasteiger partial charge is 0.225 e. The highest BCUT2D eigenvalue weighted by molar-refractivity contribution is 5.81. The lowest BCUT2D eigenvalue weighted by molar-refractivity contribution is -0.139. The summed E-state index contributed by atoms with van der Waals surface area (Å²) in [6, 6.07) is 4.03. The molecule has 1 aromatic rings. The number of nitrogens with one attached hydrogen (secondary N) is 1. The molecule has 0 unspecified atom stereocenters. The van der Waals surface area contributed by atoms with Gasteiger partial charge in [-0.05, 0) is 56.2 Å². The minimum atomic E-state index is 0.0635.